The zero-order valence-corrected chi connectivity index (χ0v) is 15.4. The number of aromatic carboxylic acids is 1. The predicted octanol–water partition coefficient (Wildman–Crippen LogP) is 4.08. The van der Waals surface area contributed by atoms with Crippen LogP contribution < -0.4 is 10.3 Å². The predicted molar refractivity (Wildman–Crippen MR) is 106 cm³/mol. The molecule has 0 radical (unpaired) electrons. The first-order valence-corrected chi connectivity index (χ1v) is 9.25. The molecule has 0 saturated carbocycles. The first-order chi connectivity index (χ1) is 13.9. The molecule has 3 aromatic rings. The maximum Gasteiger partial charge on any atom is 0.341 e. The number of pyridine rings is 1. The standard InChI is InChI=1S/C22H18F2N2O3/c23-15-5-8-19(18(24)11-15)26-13-17(22(28)29)21(27)12-20(26)14-3-6-16(7-4-14)25-9-1-2-10-25/h3-8,11-13H,1-2,9-10H2,(H,28,29). The van der Waals surface area contributed by atoms with Gasteiger partial charge >= 0.3 is 5.97 Å². The van der Waals surface area contributed by atoms with Crippen LogP contribution in [-0.4, -0.2) is 28.7 Å². The quantitative estimate of drug-likeness (QED) is 0.722. The van der Waals surface area contributed by atoms with Crippen LogP contribution in [0, 0.1) is 11.6 Å². The van der Waals surface area contributed by atoms with Gasteiger partial charge in [0.25, 0.3) is 0 Å². The van der Waals surface area contributed by atoms with Crippen molar-refractivity contribution in [3.63, 3.8) is 0 Å². The second-order valence-electron chi connectivity index (χ2n) is 6.95. The molecule has 5 nitrogen and oxygen atoms in total. The van der Waals surface area contributed by atoms with Crippen LogP contribution in [0.3, 0.4) is 0 Å². The summed E-state index contributed by atoms with van der Waals surface area (Å²) in [6.07, 6.45) is 3.36. The summed E-state index contributed by atoms with van der Waals surface area (Å²) in [6.45, 7) is 1.97. The number of halogens is 2. The Labute approximate surface area is 165 Å². The molecule has 7 heteroatoms. The number of hydrogen-bond donors (Lipinski definition) is 1. The summed E-state index contributed by atoms with van der Waals surface area (Å²) in [6, 6.07) is 11.6. The highest BCUT2D eigenvalue weighted by Crippen LogP contribution is 2.28. The lowest BCUT2D eigenvalue weighted by molar-refractivity contribution is 0.0695. The number of nitrogens with zero attached hydrogens (tertiary/aromatic N) is 2. The van der Waals surface area contributed by atoms with Gasteiger partial charge in [0.05, 0.1) is 11.4 Å². The fraction of sp³-hybridized carbons (Fsp3) is 0.182. The minimum atomic E-state index is -1.41. The summed E-state index contributed by atoms with van der Waals surface area (Å²) in [5.41, 5.74) is 0.757. The van der Waals surface area contributed by atoms with Crippen molar-refractivity contribution in [1.29, 1.82) is 0 Å². The fourth-order valence-electron chi connectivity index (χ4n) is 3.61. The van der Waals surface area contributed by atoms with Crippen LogP contribution in [0.1, 0.15) is 23.2 Å². The summed E-state index contributed by atoms with van der Waals surface area (Å²) < 4.78 is 29.1. The van der Waals surface area contributed by atoms with E-state index in [2.05, 4.69) is 4.90 Å². The van der Waals surface area contributed by atoms with E-state index in [9.17, 15) is 23.5 Å². The lowest BCUT2D eigenvalue weighted by atomic mass is 10.1. The monoisotopic (exact) mass is 396 g/mol. The Bertz CT molecular complexity index is 1130. The van der Waals surface area contributed by atoms with Gasteiger partial charge in [-0.3, -0.25) is 4.79 Å². The van der Waals surface area contributed by atoms with E-state index in [-0.39, 0.29) is 5.69 Å². The summed E-state index contributed by atoms with van der Waals surface area (Å²) in [5, 5.41) is 9.30. The zero-order valence-electron chi connectivity index (χ0n) is 15.4. The Morgan fingerprint density at radius 2 is 1.66 bits per heavy atom. The van der Waals surface area contributed by atoms with E-state index in [0.29, 0.717) is 17.3 Å². The second-order valence-corrected chi connectivity index (χ2v) is 6.95. The van der Waals surface area contributed by atoms with Crippen LogP contribution in [0.5, 0.6) is 0 Å². The average Bonchev–Trinajstić information content (AvgIpc) is 3.23. The van der Waals surface area contributed by atoms with Crippen molar-refractivity contribution in [1.82, 2.24) is 4.57 Å². The molecular weight excluding hydrogens is 378 g/mol. The van der Waals surface area contributed by atoms with Gasteiger partial charge in [0.15, 0.2) is 5.43 Å². The molecule has 0 spiro atoms. The third kappa shape index (κ3) is 3.63. The van der Waals surface area contributed by atoms with Gasteiger partial charge in [0.2, 0.25) is 0 Å². The van der Waals surface area contributed by atoms with E-state index in [1.54, 1.807) is 12.1 Å². The van der Waals surface area contributed by atoms with Crippen LogP contribution >= 0.6 is 0 Å². The van der Waals surface area contributed by atoms with Crippen molar-refractivity contribution in [3.8, 4) is 16.9 Å². The first-order valence-electron chi connectivity index (χ1n) is 9.25. The number of carboxylic acids is 1. The van der Waals surface area contributed by atoms with Gasteiger partial charge in [0.1, 0.15) is 17.2 Å². The van der Waals surface area contributed by atoms with E-state index >= 15 is 0 Å². The minimum Gasteiger partial charge on any atom is -0.477 e. The number of carbonyl (C=O) groups is 1. The molecule has 2 aromatic carbocycles. The summed E-state index contributed by atoms with van der Waals surface area (Å²) in [7, 11) is 0. The molecule has 1 aliphatic heterocycles. The van der Waals surface area contributed by atoms with Gasteiger partial charge in [-0.05, 0) is 42.7 Å². The number of benzene rings is 2. The van der Waals surface area contributed by atoms with Gasteiger partial charge in [-0.2, -0.15) is 0 Å². The number of aromatic nitrogens is 1. The third-order valence-corrected chi connectivity index (χ3v) is 5.08. The Morgan fingerprint density at radius 3 is 2.28 bits per heavy atom. The Balaban J connectivity index is 1.86. The highest BCUT2D eigenvalue weighted by molar-refractivity contribution is 5.88. The molecule has 1 aromatic heterocycles. The Morgan fingerprint density at radius 1 is 0.966 bits per heavy atom. The van der Waals surface area contributed by atoms with E-state index < -0.39 is 28.6 Å². The van der Waals surface area contributed by atoms with Crippen molar-refractivity contribution in [2.45, 2.75) is 12.8 Å². The molecule has 0 amide bonds. The topological polar surface area (TPSA) is 62.5 Å². The number of rotatable bonds is 4. The molecule has 1 fully saturated rings. The Hall–Kier alpha value is -3.48. The van der Waals surface area contributed by atoms with E-state index in [1.165, 1.54) is 10.6 Å². The van der Waals surface area contributed by atoms with Gasteiger partial charge in [0, 0.05) is 37.1 Å². The van der Waals surface area contributed by atoms with Gasteiger partial charge in [-0.25, -0.2) is 13.6 Å². The maximum absolute atomic E-state index is 14.4. The largest absolute Gasteiger partial charge is 0.477 e. The summed E-state index contributed by atoms with van der Waals surface area (Å²) in [5.74, 6) is -3.02. The summed E-state index contributed by atoms with van der Waals surface area (Å²) >= 11 is 0. The number of hydrogen-bond acceptors (Lipinski definition) is 3. The van der Waals surface area contributed by atoms with Gasteiger partial charge < -0.3 is 14.6 Å². The molecule has 2 heterocycles. The minimum absolute atomic E-state index is 0.0486. The molecular formula is C22H18F2N2O3. The third-order valence-electron chi connectivity index (χ3n) is 5.08. The second kappa shape index (κ2) is 7.50. The maximum atomic E-state index is 14.4. The van der Waals surface area contributed by atoms with Crippen molar-refractivity contribution < 1.29 is 18.7 Å². The average molecular weight is 396 g/mol. The lowest BCUT2D eigenvalue weighted by Gasteiger charge is -2.19. The zero-order chi connectivity index (χ0) is 20.5. The first kappa shape index (κ1) is 18.9. The van der Waals surface area contributed by atoms with E-state index in [0.717, 1.165) is 49.9 Å². The molecule has 0 bridgehead atoms. The van der Waals surface area contributed by atoms with Gasteiger partial charge in [-0.15, -0.1) is 0 Å². The Kier molecular flexibility index (Phi) is 4.88. The van der Waals surface area contributed by atoms with Crippen molar-refractivity contribution >= 4 is 11.7 Å². The highest BCUT2D eigenvalue weighted by atomic mass is 19.1. The molecule has 4 rings (SSSR count). The molecule has 29 heavy (non-hydrogen) atoms. The van der Waals surface area contributed by atoms with E-state index in [4.69, 9.17) is 0 Å². The van der Waals surface area contributed by atoms with Crippen molar-refractivity contribution in [2.75, 3.05) is 18.0 Å². The van der Waals surface area contributed by atoms with Crippen LogP contribution in [0.25, 0.3) is 16.9 Å². The SMILES string of the molecule is O=C(O)c1cn(-c2ccc(F)cc2F)c(-c2ccc(N3CCCC3)cc2)cc1=O. The molecule has 0 atom stereocenters. The highest BCUT2D eigenvalue weighted by Gasteiger charge is 2.18. The number of anilines is 1. The molecule has 1 saturated heterocycles. The van der Waals surface area contributed by atoms with Crippen molar-refractivity contribution in [3.05, 3.63) is 82.1 Å². The van der Waals surface area contributed by atoms with Crippen LogP contribution in [0.4, 0.5) is 14.5 Å². The fourth-order valence-corrected chi connectivity index (χ4v) is 3.61. The number of carboxylic acid groups (broad SMARTS) is 1. The van der Waals surface area contributed by atoms with Crippen LogP contribution in [-0.2, 0) is 0 Å². The van der Waals surface area contributed by atoms with E-state index in [1.807, 2.05) is 12.1 Å². The molecule has 148 valence electrons. The summed E-state index contributed by atoms with van der Waals surface area (Å²) in [4.78, 5) is 26.0. The molecule has 0 aliphatic carbocycles. The smallest absolute Gasteiger partial charge is 0.341 e. The molecule has 1 N–H and O–H groups in total. The molecule has 0 unspecified atom stereocenters. The van der Waals surface area contributed by atoms with Crippen molar-refractivity contribution in [2.24, 2.45) is 0 Å². The van der Waals surface area contributed by atoms with Crippen LogP contribution in [0.2, 0.25) is 0 Å². The lowest BCUT2D eigenvalue weighted by Crippen LogP contribution is -2.19. The normalized spacial score (nSPS) is 13.7. The van der Waals surface area contributed by atoms with Crippen LogP contribution in [0.15, 0.2) is 59.5 Å². The van der Waals surface area contributed by atoms with Gasteiger partial charge in [-0.1, -0.05) is 12.1 Å². The molecule has 1 aliphatic rings.